The minimum absolute atomic E-state index is 0.218. The Bertz CT molecular complexity index is 934. The van der Waals surface area contributed by atoms with Gasteiger partial charge in [-0.05, 0) is 37.6 Å². The Labute approximate surface area is 158 Å². The predicted octanol–water partition coefficient (Wildman–Crippen LogP) is 3.22. The quantitative estimate of drug-likeness (QED) is 0.795. The molecule has 0 unspecified atom stereocenters. The van der Waals surface area contributed by atoms with Crippen LogP contribution in [0.1, 0.15) is 18.1 Å². The molecule has 0 bridgehead atoms. The van der Waals surface area contributed by atoms with Gasteiger partial charge in [0.25, 0.3) is 11.8 Å². The van der Waals surface area contributed by atoms with Crippen LogP contribution < -0.4 is 14.8 Å². The highest BCUT2D eigenvalue weighted by Gasteiger charge is 2.39. The maximum Gasteiger partial charge on any atom is 0.278 e. The number of imide groups is 1. The third kappa shape index (κ3) is 3.26. The summed E-state index contributed by atoms with van der Waals surface area (Å²) in [6, 6.07) is 12.8. The van der Waals surface area contributed by atoms with Crippen LogP contribution in [0.4, 0.5) is 5.69 Å². The van der Waals surface area contributed by atoms with E-state index in [2.05, 4.69) is 5.32 Å². The number of anilines is 1. The van der Waals surface area contributed by atoms with E-state index in [0.29, 0.717) is 28.3 Å². The summed E-state index contributed by atoms with van der Waals surface area (Å²) in [6.45, 7) is 4.00. The Morgan fingerprint density at radius 1 is 0.963 bits per heavy atom. The molecule has 0 aromatic heterocycles. The molecule has 0 saturated carbocycles. The monoisotopic (exact) mass is 366 g/mol. The molecule has 27 heavy (non-hydrogen) atoms. The lowest BCUT2D eigenvalue weighted by molar-refractivity contribution is -0.136. The molecule has 0 spiro atoms. The molecule has 0 aliphatic carbocycles. The standard InChI is InChI=1S/C21H22N2O4/c1-5-23-20(24)18(14-8-6-7-9-16(14)26-3)19(21(23)25)22-15-12-13(2)10-11-17(15)27-4/h6-12,22H,5H2,1-4H3. The van der Waals surface area contributed by atoms with Crippen LogP contribution in [-0.4, -0.2) is 37.5 Å². The third-order valence-electron chi connectivity index (χ3n) is 4.48. The van der Waals surface area contributed by atoms with E-state index in [4.69, 9.17) is 9.47 Å². The Kier molecular flexibility index (Phi) is 5.16. The summed E-state index contributed by atoms with van der Waals surface area (Å²) in [4.78, 5) is 27.1. The molecule has 140 valence electrons. The largest absolute Gasteiger partial charge is 0.496 e. The highest BCUT2D eigenvalue weighted by Crippen LogP contribution is 2.36. The number of benzene rings is 2. The van der Waals surface area contributed by atoms with Gasteiger partial charge in [-0.15, -0.1) is 0 Å². The molecule has 0 radical (unpaired) electrons. The summed E-state index contributed by atoms with van der Waals surface area (Å²) >= 11 is 0. The molecule has 1 aliphatic rings. The van der Waals surface area contributed by atoms with Gasteiger partial charge < -0.3 is 14.8 Å². The molecule has 2 aromatic carbocycles. The number of ether oxygens (including phenoxy) is 2. The van der Waals surface area contributed by atoms with E-state index in [9.17, 15) is 9.59 Å². The van der Waals surface area contributed by atoms with Gasteiger partial charge in [0.1, 0.15) is 17.2 Å². The maximum atomic E-state index is 13.0. The van der Waals surface area contributed by atoms with Crippen LogP contribution in [0.5, 0.6) is 11.5 Å². The number of methoxy groups -OCH3 is 2. The van der Waals surface area contributed by atoms with Gasteiger partial charge in [0.05, 0.1) is 25.5 Å². The van der Waals surface area contributed by atoms with Crippen molar-refractivity contribution >= 4 is 23.1 Å². The number of hydrogen-bond donors (Lipinski definition) is 1. The number of nitrogens with one attached hydrogen (secondary N) is 1. The number of carbonyl (C=O) groups excluding carboxylic acids is 2. The Morgan fingerprint density at radius 2 is 1.67 bits per heavy atom. The number of rotatable bonds is 6. The molecule has 2 aromatic rings. The van der Waals surface area contributed by atoms with Crippen LogP contribution in [0.15, 0.2) is 48.2 Å². The molecule has 3 rings (SSSR count). The lowest BCUT2D eigenvalue weighted by Gasteiger charge is -2.14. The van der Waals surface area contributed by atoms with E-state index in [1.54, 1.807) is 26.2 Å². The van der Waals surface area contributed by atoms with Crippen molar-refractivity contribution in [3.05, 3.63) is 59.3 Å². The second-order valence-corrected chi connectivity index (χ2v) is 6.13. The summed E-state index contributed by atoms with van der Waals surface area (Å²) < 4.78 is 10.8. The molecular formula is C21H22N2O4. The van der Waals surface area contributed by atoms with Crippen molar-refractivity contribution in [2.75, 3.05) is 26.1 Å². The Hall–Kier alpha value is -3.28. The zero-order valence-corrected chi connectivity index (χ0v) is 15.8. The minimum atomic E-state index is -0.369. The smallest absolute Gasteiger partial charge is 0.278 e. The second-order valence-electron chi connectivity index (χ2n) is 6.13. The van der Waals surface area contributed by atoms with Gasteiger partial charge in [-0.1, -0.05) is 24.3 Å². The Balaban J connectivity index is 2.18. The van der Waals surface area contributed by atoms with Crippen LogP contribution >= 0.6 is 0 Å². The summed E-state index contributed by atoms with van der Waals surface area (Å²) in [5.41, 5.74) is 2.71. The van der Waals surface area contributed by atoms with E-state index in [0.717, 1.165) is 5.56 Å². The lowest BCUT2D eigenvalue weighted by Crippen LogP contribution is -2.32. The SMILES string of the molecule is CCN1C(=O)C(Nc2cc(C)ccc2OC)=C(c2ccccc2OC)C1=O. The normalized spacial score (nSPS) is 14.0. The van der Waals surface area contributed by atoms with Gasteiger partial charge in [-0.25, -0.2) is 0 Å². The fraction of sp³-hybridized carbons (Fsp3) is 0.238. The first-order valence-corrected chi connectivity index (χ1v) is 8.67. The van der Waals surface area contributed by atoms with Crippen molar-refractivity contribution < 1.29 is 19.1 Å². The van der Waals surface area contributed by atoms with Crippen molar-refractivity contribution in [3.63, 3.8) is 0 Å². The lowest BCUT2D eigenvalue weighted by atomic mass is 10.0. The number of likely N-dealkylation sites (N-methyl/N-ethyl adjacent to an activating group) is 1. The van der Waals surface area contributed by atoms with Gasteiger partial charge >= 0.3 is 0 Å². The van der Waals surface area contributed by atoms with Crippen LogP contribution in [0.2, 0.25) is 0 Å². The van der Waals surface area contributed by atoms with E-state index < -0.39 is 0 Å². The second kappa shape index (κ2) is 7.53. The van der Waals surface area contributed by atoms with E-state index in [1.165, 1.54) is 12.0 Å². The predicted molar refractivity (Wildman–Crippen MR) is 104 cm³/mol. The summed E-state index contributed by atoms with van der Waals surface area (Å²) in [7, 11) is 3.10. The number of hydrogen-bond acceptors (Lipinski definition) is 5. The van der Waals surface area contributed by atoms with Gasteiger partial charge in [-0.2, -0.15) is 0 Å². The molecule has 0 atom stereocenters. The summed E-state index contributed by atoms with van der Waals surface area (Å²) in [5.74, 6) is 0.401. The number of para-hydroxylation sites is 1. The van der Waals surface area contributed by atoms with E-state index in [1.807, 2.05) is 37.3 Å². The van der Waals surface area contributed by atoms with Crippen LogP contribution in [0.25, 0.3) is 5.57 Å². The molecule has 6 nitrogen and oxygen atoms in total. The van der Waals surface area contributed by atoms with Crippen LogP contribution in [0.3, 0.4) is 0 Å². The molecule has 1 N–H and O–H groups in total. The van der Waals surface area contributed by atoms with Crippen molar-refractivity contribution in [1.29, 1.82) is 0 Å². The zero-order valence-electron chi connectivity index (χ0n) is 15.8. The third-order valence-corrected chi connectivity index (χ3v) is 4.48. The first-order chi connectivity index (χ1) is 13.0. The van der Waals surface area contributed by atoms with Gasteiger partial charge in [-0.3, -0.25) is 14.5 Å². The van der Waals surface area contributed by atoms with Gasteiger partial charge in [0.15, 0.2) is 0 Å². The molecule has 6 heteroatoms. The van der Waals surface area contributed by atoms with Crippen molar-refractivity contribution in [1.82, 2.24) is 4.90 Å². The average molecular weight is 366 g/mol. The van der Waals surface area contributed by atoms with E-state index in [-0.39, 0.29) is 24.1 Å². The van der Waals surface area contributed by atoms with Crippen LogP contribution in [-0.2, 0) is 9.59 Å². The average Bonchev–Trinajstić information content (AvgIpc) is 2.91. The van der Waals surface area contributed by atoms with Crippen molar-refractivity contribution in [2.24, 2.45) is 0 Å². The number of amides is 2. The highest BCUT2D eigenvalue weighted by molar-refractivity contribution is 6.37. The minimum Gasteiger partial charge on any atom is -0.496 e. The van der Waals surface area contributed by atoms with Gasteiger partial charge in [0, 0.05) is 12.1 Å². The number of aryl methyl sites for hydroxylation is 1. The molecular weight excluding hydrogens is 344 g/mol. The van der Waals surface area contributed by atoms with Crippen molar-refractivity contribution in [3.8, 4) is 11.5 Å². The van der Waals surface area contributed by atoms with Crippen LogP contribution in [0, 0.1) is 6.92 Å². The molecule has 2 amide bonds. The fourth-order valence-corrected chi connectivity index (χ4v) is 3.13. The molecule has 1 aliphatic heterocycles. The van der Waals surface area contributed by atoms with Gasteiger partial charge in [0.2, 0.25) is 0 Å². The summed E-state index contributed by atoms with van der Waals surface area (Å²) in [6.07, 6.45) is 0. The maximum absolute atomic E-state index is 13.0. The van der Waals surface area contributed by atoms with E-state index >= 15 is 0 Å². The number of nitrogens with zero attached hydrogens (tertiary/aromatic N) is 1. The summed E-state index contributed by atoms with van der Waals surface area (Å²) in [5, 5.41) is 3.13. The fourth-order valence-electron chi connectivity index (χ4n) is 3.13. The topological polar surface area (TPSA) is 67.9 Å². The number of carbonyl (C=O) groups is 2. The molecule has 0 saturated heterocycles. The highest BCUT2D eigenvalue weighted by atomic mass is 16.5. The first kappa shape index (κ1) is 18.5. The first-order valence-electron chi connectivity index (χ1n) is 8.67. The molecule has 1 heterocycles. The Morgan fingerprint density at radius 3 is 2.33 bits per heavy atom. The zero-order chi connectivity index (χ0) is 19.6. The molecule has 0 fully saturated rings. The van der Waals surface area contributed by atoms with Crippen molar-refractivity contribution in [2.45, 2.75) is 13.8 Å².